The molecule has 0 saturated carbocycles. The molecule has 284 valence electrons. The van der Waals surface area contributed by atoms with Crippen LogP contribution in [0.1, 0.15) is 99.0 Å². The monoisotopic (exact) mass is 705 g/mol. The first-order chi connectivity index (χ1) is 24.5. The van der Waals surface area contributed by atoms with Gasteiger partial charge in [0.05, 0.1) is 40.1 Å². The molecule has 0 spiro atoms. The van der Waals surface area contributed by atoms with E-state index in [1.165, 1.54) is 17.7 Å². The predicted molar refractivity (Wildman–Crippen MR) is 218 cm³/mol. The molecule has 7 nitrogen and oxygen atoms in total. The van der Waals surface area contributed by atoms with E-state index < -0.39 is 0 Å². The van der Waals surface area contributed by atoms with Crippen molar-refractivity contribution in [3.8, 4) is 11.5 Å². The van der Waals surface area contributed by atoms with E-state index in [1.807, 2.05) is 50.0 Å². The maximum Gasteiger partial charge on any atom is 0.241 e. The molecule has 2 aromatic rings. The van der Waals surface area contributed by atoms with Gasteiger partial charge in [-0.3, -0.25) is 14.2 Å². The number of carbonyl (C=O) groups excluding carboxylic acids is 1. The van der Waals surface area contributed by atoms with Gasteiger partial charge in [-0.1, -0.05) is 76.1 Å². The second-order valence-electron chi connectivity index (χ2n) is 14.5. The standard InChI is InChI=1S/C31H52N3O2.C9H10O2.C4H8/c1-8-10-21-33(29-17-14-18-30(23-29)34(5,6)7)31(35)25-32-24-28(20-19-26(32)3)16-13-12-15-27(4)36-22-11-9-2;1-2-7-4-3-5-8-9(7)11-6-10-8;1-3-4-2/h12-15,17-18,23,26,28H,8-11,16,19-22,24-25H2,1-7H3;3-5H,2,6H2,1H3;3-4H,1-2H3/q+1;;/b13-12+,27-15+;;4-3+. The van der Waals surface area contributed by atoms with Crippen molar-refractivity contribution in [1.82, 2.24) is 9.38 Å². The Bertz CT molecular complexity index is 1370. The zero-order valence-corrected chi connectivity index (χ0v) is 33.7. The number of anilines is 1. The lowest BCUT2D eigenvalue weighted by molar-refractivity contribution is -0.120. The minimum atomic E-state index is 0.216. The van der Waals surface area contributed by atoms with Gasteiger partial charge in [-0.25, -0.2) is 0 Å². The van der Waals surface area contributed by atoms with E-state index in [-0.39, 0.29) is 5.91 Å². The van der Waals surface area contributed by atoms with Crippen LogP contribution in [0, 0.1) is 5.92 Å². The fraction of sp³-hybridized carbons (Fsp3) is 0.568. The predicted octanol–water partition coefficient (Wildman–Crippen LogP) is 10.3. The van der Waals surface area contributed by atoms with Crippen molar-refractivity contribution >= 4 is 17.3 Å². The third kappa shape index (κ3) is 15.7. The van der Waals surface area contributed by atoms with Crippen molar-refractivity contribution in [3.05, 3.63) is 84.2 Å². The van der Waals surface area contributed by atoms with E-state index in [0.717, 1.165) is 92.1 Å². The van der Waals surface area contributed by atoms with E-state index in [0.29, 0.717) is 25.3 Å². The molecule has 51 heavy (non-hydrogen) atoms. The first kappa shape index (κ1) is 43.6. The number of aryl methyl sites for hydroxylation is 1. The van der Waals surface area contributed by atoms with E-state index in [9.17, 15) is 4.79 Å². The number of carbonyl (C=O) groups is 1. The van der Waals surface area contributed by atoms with Crippen molar-refractivity contribution in [1.29, 1.82) is 0 Å². The molecular formula is C44H70N3O4+. The fourth-order valence-corrected chi connectivity index (χ4v) is 5.90. The number of allylic oxidation sites excluding steroid dienone is 6. The Morgan fingerprint density at radius 1 is 1.00 bits per heavy atom. The van der Waals surface area contributed by atoms with E-state index >= 15 is 0 Å². The average molecular weight is 705 g/mol. The van der Waals surface area contributed by atoms with Gasteiger partial charge in [0, 0.05) is 30.9 Å². The molecule has 2 heterocycles. The zero-order chi connectivity index (χ0) is 37.6. The van der Waals surface area contributed by atoms with Gasteiger partial charge in [0.25, 0.3) is 0 Å². The van der Waals surface area contributed by atoms with Crippen LogP contribution in [0.5, 0.6) is 11.5 Å². The van der Waals surface area contributed by atoms with Crippen LogP contribution in [0.15, 0.2) is 78.6 Å². The van der Waals surface area contributed by atoms with Gasteiger partial charge in [0.15, 0.2) is 11.5 Å². The number of hydrogen-bond donors (Lipinski definition) is 0. The summed E-state index contributed by atoms with van der Waals surface area (Å²) in [5, 5.41) is 0. The molecule has 0 N–H and O–H groups in total. The van der Waals surface area contributed by atoms with Gasteiger partial charge < -0.3 is 19.1 Å². The molecule has 2 unspecified atom stereocenters. The minimum Gasteiger partial charge on any atom is -0.498 e. The Labute approximate surface area is 311 Å². The topological polar surface area (TPSA) is 51.2 Å². The molecule has 1 amide bonds. The second kappa shape index (κ2) is 23.8. The summed E-state index contributed by atoms with van der Waals surface area (Å²) < 4.78 is 17.0. The first-order valence-electron chi connectivity index (χ1n) is 19.4. The van der Waals surface area contributed by atoms with Gasteiger partial charge in [-0.05, 0) is 102 Å². The lowest BCUT2D eigenvalue weighted by atomic mass is 9.90. The van der Waals surface area contributed by atoms with Crippen LogP contribution in [0.4, 0.5) is 11.4 Å². The third-order valence-electron chi connectivity index (χ3n) is 9.36. The van der Waals surface area contributed by atoms with Crippen molar-refractivity contribution < 1.29 is 19.0 Å². The number of para-hydroxylation sites is 1. The number of fused-ring (bicyclic) bond motifs is 1. The number of likely N-dealkylation sites (tertiary alicyclic amines) is 1. The summed E-state index contributed by atoms with van der Waals surface area (Å²) in [6.45, 7) is 18.2. The Balaban J connectivity index is 0.000000491. The highest BCUT2D eigenvalue weighted by Gasteiger charge is 2.28. The number of benzene rings is 2. The van der Waals surface area contributed by atoms with Crippen LogP contribution < -0.4 is 18.9 Å². The van der Waals surface area contributed by atoms with Gasteiger partial charge in [0.1, 0.15) is 5.69 Å². The highest BCUT2D eigenvalue weighted by atomic mass is 16.7. The lowest BCUT2D eigenvalue weighted by Crippen LogP contribution is -2.48. The van der Waals surface area contributed by atoms with Crippen LogP contribution in [-0.2, 0) is 16.0 Å². The number of piperidine rings is 1. The van der Waals surface area contributed by atoms with Crippen LogP contribution in [0.25, 0.3) is 0 Å². The van der Waals surface area contributed by atoms with E-state index in [4.69, 9.17) is 14.2 Å². The fourth-order valence-electron chi connectivity index (χ4n) is 5.90. The van der Waals surface area contributed by atoms with Crippen LogP contribution in [-0.4, -0.2) is 71.0 Å². The highest BCUT2D eigenvalue weighted by molar-refractivity contribution is 5.95. The summed E-state index contributed by atoms with van der Waals surface area (Å²) in [6.07, 6.45) is 19.2. The van der Waals surface area contributed by atoms with Gasteiger partial charge >= 0.3 is 0 Å². The largest absolute Gasteiger partial charge is 0.498 e. The maximum atomic E-state index is 13.6. The van der Waals surface area contributed by atoms with Gasteiger partial charge in [-0.15, -0.1) is 0 Å². The zero-order valence-electron chi connectivity index (χ0n) is 33.7. The number of amides is 1. The van der Waals surface area contributed by atoms with Crippen LogP contribution in [0.3, 0.4) is 0 Å². The summed E-state index contributed by atoms with van der Waals surface area (Å²) in [7, 11) is 6.49. The lowest BCUT2D eigenvalue weighted by Gasteiger charge is -2.38. The van der Waals surface area contributed by atoms with Gasteiger partial charge in [-0.2, -0.15) is 0 Å². The molecule has 2 atom stereocenters. The van der Waals surface area contributed by atoms with Crippen LogP contribution >= 0.6 is 0 Å². The Morgan fingerprint density at radius 2 is 1.73 bits per heavy atom. The average Bonchev–Trinajstić information content (AvgIpc) is 3.61. The summed E-state index contributed by atoms with van der Waals surface area (Å²) in [6, 6.07) is 14.9. The Kier molecular flexibility index (Phi) is 20.4. The summed E-state index contributed by atoms with van der Waals surface area (Å²) >= 11 is 0. The first-order valence-corrected chi connectivity index (χ1v) is 19.4. The third-order valence-corrected chi connectivity index (χ3v) is 9.36. The Morgan fingerprint density at radius 3 is 2.39 bits per heavy atom. The molecule has 0 aromatic heterocycles. The molecule has 7 heteroatoms. The molecule has 1 saturated heterocycles. The Hall–Kier alpha value is -3.55. The van der Waals surface area contributed by atoms with Crippen LogP contribution in [0.2, 0.25) is 0 Å². The SMILES string of the molecule is C/C=C/C.CCCCO/C(C)=C/C=C/CC1CCC(C)N(CC(=O)N(CCCC)c2cccc([N+](C)(C)C)c2)C1.CCc1cccc2c1OCO2. The summed E-state index contributed by atoms with van der Waals surface area (Å²) in [4.78, 5) is 18.0. The molecule has 1 fully saturated rings. The molecule has 0 radical (unpaired) electrons. The molecule has 2 aliphatic rings. The molecule has 4 rings (SSSR count). The number of ether oxygens (including phenoxy) is 3. The van der Waals surface area contributed by atoms with Gasteiger partial charge in [0.2, 0.25) is 12.7 Å². The number of rotatable bonds is 15. The van der Waals surface area contributed by atoms with Crippen molar-refractivity contribution in [2.75, 3.05) is 59.1 Å². The normalized spacial score (nSPS) is 17.5. The molecular weight excluding hydrogens is 635 g/mol. The highest BCUT2D eigenvalue weighted by Crippen LogP contribution is 2.35. The van der Waals surface area contributed by atoms with Crippen molar-refractivity contribution in [2.45, 2.75) is 106 Å². The number of nitrogens with zero attached hydrogens (tertiary/aromatic N) is 3. The summed E-state index contributed by atoms with van der Waals surface area (Å²) in [5.74, 6) is 3.59. The number of unbranched alkanes of at least 4 members (excludes halogenated alkanes) is 2. The maximum absolute atomic E-state index is 13.6. The molecule has 0 bridgehead atoms. The number of quaternary nitrogens is 1. The molecule has 0 aliphatic carbocycles. The molecule has 2 aliphatic heterocycles. The quantitative estimate of drug-likeness (QED) is 0.0607. The second-order valence-corrected chi connectivity index (χ2v) is 14.5. The van der Waals surface area contributed by atoms with E-state index in [1.54, 1.807) is 0 Å². The van der Waals surface area contributed by atoms with E-state index in [2.05, 4.69) is 102 Å². The van der Waals surface area contributed by atoms with Crippen molar-refractivity contribution in [2.24, 2.45) is 5.92 Å². The summed E-state index contributed by atoms with van der Waals surface area (Å²) in [5.41, 5.74) is 3.45. The minimum absolute atomic E-state index is 0.216. The number of hydrogen-bond acceptors (Lipinski definition) is 5. The smallest absolute Gasteiger partial charge is 0.241 e. The van der Waals surface area contributed by atoms with Crippen molar-refractivity contribution in [3.63, 3.8) is 0 Å². The molecule has 2 aromatic carbocycles.